The van der Waals surface area contributed by atoms with Crippen LogP contribution in [0.15, 0.2) is 77.8 Å². The third kappa shape index (κ3) is 5.33. The first-order chi connectivity index (χ1) is 17.9. The summed E-state index contributed by atoms with van der Waals surface area (Å²) >= 11 is 0. The zero-order valence-corrected chi connectivity index (χ0v) is 20.7. The third-order valence-electron chi connectivity index (χ3n) is 7.21. The summed E-state index contributed by atoms with van der Waals surface area (Å²) in [5.41, 5.74) is 6.28. The van der Waals surface area contributed by atoms with Crippen LogP contribution in [0.2, 0.25) is 0 Å². The van der Waals surface area contributed by atoms with Gasteiger partial charge in [-0.3, -0.25) is 9.59 Å². The summed E-state index contributed by atoms with van der Waals surface area (Å²) in [6.45, 7) is 4.23. The molecule has 1 amide bonds. The van der Waals surface area contributed by atoms with Gasteiger partial charge in [0.25, 0.3) is 0 Å². The second kappa shape index (κ2) is 10.4. The number of aryl methyl sites for hydroxylation is 1. The standard InChI is InChI=1S/C31H30N2O4/c1-19-17-23-11-9-20(10-16-28(36)29-26(34)7-4-8-27(29)35)18-25(23)33-30(19)21-12-14-24(15-13-21)32-31(37)22-5-2-3-6-22/h4,7-9,11-15,18,22,34-35H,1-3,5-6,10,16-17H2,(H,32,37). The first kappa shape index (κ1) is 24.5. The Morgan fingerprint density at radius 3 is 2.38 bits per heavy atom. The predicted octanol–water partition coefficient (Wildman–Crippen LogP) is 6.28. The fourth-order valence-electron chi connectivity index (χ4n) is 5.14. The molecule has 188 valence electrons. The Morgan fingerprint density at radius 1 is 0.973 bits per heavy atom. The monoisotopic (exact) mass is 494 g/mol. The van der Waals surface area contributed by atoms with E-state index in [4.69, 9.17) is 4.99 Å². The van der Waals surface area contributed by atoms with E-state index in [1.54, 1.807) is 0 Å². The van der Waals surface area contributed by atoms with Crippen LogP contribution in [0, 0.1) is 5.92 Å². The van der Waals surface area contributed by atoms with E-state index in [9.17, 15) is 19.8 Å². The Kier molecular flexibility index (Phi) is 6.91. The minimum absolute atomic E-state index is 0.0417. The normalized spacial score (nSPS) is 15.2. The van der Waals surface area contributed by atoms with Gasteiger partial charge in [-0.25, -0.2) is 4.99 Å². The highest BCUT2D eigenvalue weighted by atomic mass is 16.3. The molecule has 5 rings (SSSR count). The smallest absolute Gasteiger partial charge is 0.227 e. The summed E-state index contributed by atoms with van der Waals surface area (Å²) in [6, 6.07) is 18.0. The van der Waals surface area contributed by atoms with Gasteiger partial charge in [0.05, 0.1) is 11.4 Å². The van der Waals surface area contributed by atoms with Gasteiger partial charge in [-0.2, -0.15) is 0 Å². The highest BCUT2D eigenvalue weighted by Gasteiger charge is 2.23. The maximum atomic E-state index is 12.6. The fourth-order valence-corrected chi connectivity index (χ4v) is 5.14. The Labute approximate surface area is 216 Å². The number of nitrogens with one attached hydrogen (secondary N) is 1. The lowest BCUT2D eigenvalue weighted by Crippen LogP contribution is -2.20. The first-order valence-electron chi connectivity index (χ1n) is 12.7. The number of amides is 1. The Morgan fingerprint density at radius 2 is 1.68 bits per heavy atom. The van der Waals surface area contributed by atoms with Gasteiger partial charge in [-0.1, -0.05) is 49.8 Å². The van der Waals surface area contributed by atoms with Crippen molar-refractivity contribution in [2.75, 3.05) is 5.32 Å². The van der Waals surface area contributed by atoms with E-state index in [2.05, 4.69) is 11.9 Å². The van der Waals surface area contributed by atoms with Crippen LogP contribution in [-0.4, -0.2) is 27.6 Å². The number of phenolic OH excluding ortho intramolecular Hbond substituents is 2. The zero-order valence-electron chi connectivity index (χ0n) is 20.7. The molecule has 0 atom stereocenters. The molecule has 0 saturated heterocycles. The van der Waals surface area contributed by atoms with Crippen LogP contribution in [0.5, 0.6) is 11.5 Å². The number of hydrogen-bond donors (Lipinski definition) is 3. The first-order valence-corrected chi connectivity index (χ1v) is 12.7. The molecular weight excluding hydrogens is 464 g/mol. The van der Waals surface area contributed by atoms with E-state index in [0.717, 1.165) is 65.0 Å². The van der Waals surface area contributed by atoms with Crippen LogP contribution in [0.1, 0.15) is 59.2 Å². The van der Waals surface area contributed by atoms with Crippen molar-refractivity contribution in [1.82, 2.24) is 0 Å². The molecule has 2 aliphatic rings. The second-order valence-corrected chi connectivity index (χ2v) is 9.85. The number of carbonyl (C=O) groups excluding carboxylic acids is 2. The summed E-state index contributed by atoms with van der Waals surface area (Å²) in [6.07, 6.45) is 5.47. The number of rotatable bonds is 7. The van der Waals surface area contributed by atoms with E-state index in [1.165, 1.54) is 18.2 Å². The zero-order chi connectivity index (χ0) is 25.9. The SMILES string of the molecule is C=C1Cc2ccc(CCC(=O)c3c(O)cccc3O)cc2N=C1c1ccc(NC(=O)C2CCCC2)cc1. The van der Waals surface area contributed by atoms with Crippen LogP contribution >= 0.6 is 0 Å². The Hall–Kier alpha value is -4.19. The minimum Gasteiger partial charge on any atom is -0.507 e. The molecule has 6 heteroatoms. The summed E-state index contributed by atoms with van der Waals surface area (Å²) in [7, 11) is 0. The van der Waals surface area contributed by atoms with Gasteiger partial charge in [0.2, 0.25) is 5.91 Å². The number of phenols is 2. The van der Waals surface area contributed by atoms with Gasteiger partial charge in [-0.05, 0) is 66.3 Å². The van der Waals surface area contributed by atoms with E-state index in [-0.39, 0.29) is 41.1 Å². The molecular formula is C31H30N2O4. The quantitative estimate of drug-likeness (QED) is 0.337. The van der Waals surface area contributed by atoms with Gasteiger partial charge in [0.1, 0.15) is 17.1 Å². The molecule has 0 unspecified atom stereocenters. The maximum Gasteiger partial charge on any atom is 0.227 e. The number of benzene rings is 3. The summed E-state index contributed by atoms with van der Waals surface area (Å²) in [5, 5.41) is 23.0. The van der Waals surface area contributed by atoms with Gasteiger partial charge in [0, 0.05) is 30.0 Å². The maximum absolute atomic E-state index is 12.6. The number of fused-ring (bicyclic) bond motifs is 1. The van der Waals surface area contributed by atoms with Gasteiger partial charge in [-0.15, -0.1) is 0 Å². The van der Waals surface area contributed by atoms with E-state index >= 15 is 0 Å². The highest BCUT2D eigenvalue weighted by Crippen LogP contribution is 2.33. The molecule has 3 aromatic rings. The predicted molar refractivity (Wildman–Crippen MR) is 145 cm³/mol. The lowest BCUT2D eigenvalue weighted by Gasteiger charge is -2.19. The molecule has 1 fully saturated rings. The molecule has 1 heterocycles. The van der Waals surface area contributed by atoms with Crippen LogP contribution < -0.4 is 5.32 Å². The summed E-state index contributed by atoms with van der Waals surface area (Å²) < 4.78 is 0. The van der Waals surface area contributed by atoms with Crippen LogP contribution in [0.25, 0.3) is 0 Å². The fraction of sp³-hybridized carbons (Fsp3) is 0.258. The van der Waals surface area contributed by atoms with Crippen molar-refractivity contribution in [3.8, 4) is 11.5 Å². The van der Waals surface area contributed by atoms with Crippen molar-refractivity contribution in [1.29, 1.82) is 0 Å². The molecule has 37 heavy (non-hydrogen) atoms. The number of aliphatic imine (C=N–C) groups is 1. The molecule has 0 spiro atoms. The van der Waals surface area contributed by atoms with Gasteiger partial charge in [0.15, 0.2) is 5.78 Å². The van der Waals surface area contributed by atoms with Crippen molar-refractivity contribution in [3.63, 3.8) is 0 Å². The molecule has 1 saturated carbocycles. The van der Waals surface area contributed by atoms with Crippen molar-refractivity contribution in [2.24, 2.45) is 10.9 Å². The molecule has 0 radical (unpaired) electrons. The summed E-state index contributed by atoms with van der Waals surface area (Å²) in [4.78, 5) is 29.9. The summed E-state index contributed by atoms with van der Waals surface area (Å²) in [5.74, 6) is -0.528. The lowest BCUT2D eigenvalue weighted by atomic mass is 9.91. The number of ketones is 1. The van der Waals surface area contributed by atoms with Crippen LogP contribution in [-0.2, 0) is 17.6 Å². The number of aromatic hydroxyl groups is 2. The number of allylic oxidation sites excluding steroid dienone is 1. The number of Topliss-reactive ketones (excluding diaryl/α,β-unsaturated/α-hetero) is 1. The van der Waals surface area contributed by atoms with Gasteiger partial charge >= 0.3 is 0 Å². The van der Waals surface area contributed by atoms with E-state index in [1.807, 2.05) is 42.5 Å². The van der Waals surface area contributed by atoms with Crippen molar-refractivity contribution >= 4 is 28.8 Å². The average molecular weight is 495 g/mol. The van der Waals surface area contributed by atoms with E-state index < -0.39 is 0 Å². The van der Waals surface area contributed by atoms with Crippen LogP contribution in [0.3, 0.4) is 0 Å². The van der Waals surface area contributed by atoms with Crippen LogP contribution in [0.4, 0.5) is 11.4 Å². The third-order valence-corrected chi connectivity index (χ3v) is 7.21. The molecule has 0 aromatic heterocycles. The molecule has 6 nitrogen and oxygen atoms in total. The number of nitrogens with zero attached hydrogens (tertiary/aromatic N) is 1. The second-order valence-electron chi connectivity index (χ2n) is 9.85. The van der Waals surface area contributed by atoms with Crippen molar-refractivity contribution < 1.29 is 19.8 Å². The van der Waals surface area contributed by atoms with E-state index in [0.29, 0.717) is 12.8 Å². The average Bonchev–Trinajstić information content (AvgIpc) is 3.43. The molecule has 1 aliphatic heterocycles. The van der Waals surface area contributed by atoms with Crippen molar-refractivity contribution in [2.45, 2.75) is 44.9 Å². The highest BCUT2D eigenvalue weighted by molar-refractivity contribution is 6.15. The molecule has 0 bridgehead atoms. The number of hydrogen-bond acceptors (Lipinski definition) is 5. The van der Waals surface area contributed by atoms with Crippen molar-refractivity contribution in [3.05, 3.63) is 95.1 Å². The molecule has 3 N–H and O–H groups in total. The largest absolute Gasteiger partial charge is 0.507 e. The Balaban J connectivity index is 1.30. The number of carbonyl (C=O) groups is 2. The molecule has 1 aliphatic carbocycles. The lowest BCUT2D eigenvalue weighted by molar-refractivity contribution is -0.119. The Bertz CT molecular complexity index is 1380. The minimum atomic E-state index is -0.314. The molecule has 3 aromatic carbocycles. The number of anilines is 1. The topological polar surface area (TPSA) is 99.0 Å². The van der Waals surface area contributed by atoms with Gasteiger partial charge < -0.3 is 15.5 Å².